The Bertz CT molecular complexity index is 1270. The van der Waals surface area contributed by atoms with Crippen molar-refractivity contribution in [2.24, 2.45) is 0 Å². The van der Waals surface area contributed by atoms with Crippen LogP contribution in [0.25, 0.3) is 11.5 Å². The molecule has 0 aliphatic rings. The molecule has 0 aliphatic carbocycles. The van der Waals surface area contributed by atoms with Crippen molar-refractivity contribution in [2.45, 2.75) is 13.3 Å². The highest BCUT2D eigenvalue weighted by molar-refractivity contribution is 7.14. The number of benzene rings is 2. The van der Waals surface area contributed by atoms with Gasteiger partial charge in [-0.05, 0) is 42.8 Å². The van der Waals surface area contributed by atoms with Crippen LogP contribution in [0.2, 0.25) is 0 Å². The molecule has 0 fully saturated rings. The van der Waals surface area contributed by atoms with Crippen molar-refractivity contribution in [1.82, 2.24) is 15.2 Å². The minimum atomic E-state index is -0.496. The van der Waals surface area contributed by atoms with Crippen LogP contribution in [0, 0.1) is 12.1 Å². The number of nitrogens with zero attached hydrogens (tertiary/aromatic N) is 3. The van der Waals surface area contributed by atoms with Crippen LogP contribution >= 0.6 is 11.3 Å². The second-order valence-electron chi connectivity index (χ2n) is 6.76. The van der Waals surface area contributed by atoms with Crippen molar-refractivity contribution in [2.75, 3.05) is 11.9 Å². The van der Waals surface area contributed by atoms with Gasteiger partial charge in [-0.25, -0.2) is 4.98 Å². The van der Waals surface area contributed by atoms with Gasteiger partial charge in [0.15, 0.2) is 10.3 Å². The topological polar surface area (TPSA) is 99.4 Å². The van der Waals surface area contributed by atoms with E-state index in [1.54, 1.807) is 55.5 Å². The molecule has 33 heavy (non-hydrogen) atoms. The average Bonchev–Trinajstić information content (AvgIpc) is 3.42. The Morgan fingerprint density at radius 1 is 1.21 bits per heavy atom. The van der Waals surface area contributed by atoms with Gasteiger partial charge in [0.1, 0.15) is 17.2 Å². The van der Waals surface area contributed by atoms with E-state index in [4.69, 9.17) is 13.9 Å². The molecule has 8 nitrogen and oxygen atoms in total. The van der Waals surface area contributed by atoms with Crippen molar-refractivity contribution in [3.8, 4) is 28.7 Å². The molecule has 2 aromatic heterocycles. The second kappa shape index (κ2) is 10.0. The minimum absolute atomic E-state index is 0.147. The average molecular weight is 466 g/mol. The van der Waals surface area contributed by atoms with E-state index in [1.165, 1.54) is 0 Å². The van der Waals surface area contributed by atoms with Crippen molar-refractivity contribution in [1.29, 1.82) is 0 Å². The largest absolute Gasteiger partial charge is 0.493 e. The summed E-state index contributed by atoms with van der Waals surface area (Å²) in [6.07, 6.45) is 3.46. The molecule has 0 unspecified atom stereocenters. The fraction of sp³-hybridized carbons (Fsp3) is 0.130. The van der Waals surface area contributed by atoms with Gasteiger partial charge in [0.25, 0.3) is 5.91 Å². The summed E-state index contributed by atoms with van der Waals surface area (Å²) in [6, 6.07) is 11.8. The lowest BCUT2D eigenvalue weighted by molar-refractivity contribution is 0.102. The van der Waals surface area contributed by atoms with E-state index in [0.29, 0.717) is 36.3 Å². The number of halogens is 1. The monoisotopic (exact) mass is 466 g/mol. The van der Waals surface area contributed by atoms with Crippen LogP contribution in [0.5, 0.6) is 17.2 Å². The first-order valence-electron chi connectivity index (χ1n) is 9.90. The smallest absolute Gasteiger partial charge is 0.261 e. The first kappa shape index (κ1) is 22.2. The molecule has 4 rings (SSSR count). The maximum absolute atomic E-state index is 13.2. The number of rotatable bonds is 9. The number of nitrogens with one attached hydrogen (secondary N) is 1. The van der Waals surface area contributed by atoms with Crippen LogP contribution in [0.3, 0.4) is 0 Å². The van der Waals surface area contributed by atoms with Gasteiger partial charge in [-0.2, -0.15) is 4.39 Å². The molecule has 168 valence electrons. The van der Waals surface area contributed by atoms with E-state index >= 15 is 0 Å². The highest BCUT2D eigenvalue weighted by atomic mass is 32.1. The van der Waals surface area contributed by atoms with E-state index in [2.05, 4.69) is 27.1 Å². The normalized spacial score (nSPS) is 10.6. The van der Waals surface area contributed by atoms with E-state index < -0.39 is 11.0 Å². The van der Waals surface area contributed by atoms with Gasteiger partial charge in [-0.15, -0.1) is 16.8 Å². The number of anilines is 1. The summed E-state index contributed by atoms with van der Waals surface area (Å²) >= 11 is 0.734. The quantitative estimate of drug-likeness (QED) is 0.252. The number of aryl methyl sites for hydroxylation is 1. The van der Waals surface area contributed by atoms with Crippen molar-refractivity contribution in [3.05, 3.63) is 77.9 Å². The molecule has 4 aromatic rings. The predicted octanol–water partition coefficient (Wildman–Crippen LogP) is 5.64. The summed E-state index contributed by atoms with van der Waals surface area (Å²) < 4.78 is 30.4. The molecule has 2 aromatic carbocycles. The maximum atomic E-state index is 13.2. The Morgan fingerprint density at radius 3 is 2.67 bits per heavy atom. The first-order valence-corrected chi connectivity index (χ1v) is 10.7. The van der Waals surface area contributed by atoms with Gasteiger partial charge < -0.3 is 13.9 Å². The standard InChI is InChI=1S/C23H19FN4O4S/c1-3-4-11-30-17-9-10-18(21(29)26-23-25-13-20(24)33-23)19(12-17)32-16-7-5-15(6-8-16)22-28-27-14(2)31-22/h3,5-10,12-13H,1,4,11H2,2H3,(H,25,26,29). The summed E-state index contributed by atoms with van der Waals surface area (Å²) in [7, 11) is 0. The highest BCUT2D eigenvalue weighted by Gasteiger charge is 2.17. The van der Waals surface area contributed by atoms with Gasteiger partial charge >= 0.3 is 0 Å². The van der Waals surface area contributed by atoms with E-state index in [9.17, 15) is 9.18 Å². The molecule has 0 spiro atoms. The van der Waals surface area contributed by atoms with Crippen molar-refractivity contribution < 1.29 is 23.1 Å². The lowest BCUT2D eigenvalue weighted by Gasteiger charge is -2.13. The number of carbonyl (C=O) groups excluding carboxylic acids is 1. The third kappa shape index (κ3) is 5.60. The van der Waals surface area contributed by atoms with Gasteiger partial charge in [0.05, 0.1) is 18.4 Å². The first-order chi connectivity index (χ1) is 16.0. The Kier molecular flexibility index (Phi) is 6.75. The number of hydrogen-bond acceptors (Lipinski definition) is 8. The third-order valence-electron chi connectivity index (χ3n) is 4.34. The molecule has 1 N–H and O–H groups in total. The van der Waals surface area contributed by atoms with Gasteiger partial charge in [-0.1, -0.05) is 17.4 Å². The molecule has 0 saturated heterocycles. The number of aromatic nitrogens is 3. The number of carbonyl (C=O) groups is 1. The summed E-state index contributed by atoms with van der Waals surface area (Å²) in [5.41, 5.74) is 0.964. The van der Waals surface area contributed by atoms with Crippen molar-refractivity contribution in [3.63, 3.8) is 0 Å². The van der Waals surface area contributed by atoms with Crippen LogP contribution in [-0.4, -0.2) is 27.7 Å². The Morgan fingerprint density at radius 2 is 2.00 bits per heavy atom. The van der Waals surface area contributed by atoms with E-state index in [1.807, 2.05) is 0 Å². The second-order valence-corrected chi connectivity index (χ2v) is 7.74. The molecule has 0 bridgehead atoms. The Labute approximate surface area is 192 Å². The van der Waals surface area contributed by atoms with Gasteiger partial charge in [0.2, 0.25) is 11.8 Å². The molecule has 0 atom stereocenters. The summed E-state index contributed by atoms with van der Waals surface area (Å²) in [5, 5.41) is 10.0. The zero-order chi connectivity index (χ0) is 23.2. The SMILES string of the molecule is C=CCCOc1ccc(C(=O)Nc2ncc(F)s2)c(Oc2ccc(-c3nnc(C)o3)cc2)c1. The summed E-state index contributed by atoms with van der Waals surface area (Å²) in [4.78, 5) is 16.6. The molecule has 0 saturated carbocycles. The minimum Gasteiger partial charge on any atom is -0.493 e. The number of amides is 1. The fourth-order valence-corrected chi connectivity index (χ4v) is 3.35. The third-order valence-corrected chi connectivity index (χ3v) is 5.04. The highest BCUT2D eigenvalue weighted by Crippen LogP contribution is 2.32. The molecule has 1 amide bonds. The molecular weight excluding hydrogens is 447 g/mol. The zero-order valence-electron chi connectivity index (χ0n) is 17.6. The van der Waals surface area contributed by atoms with E-state index in [-0.39, 0.29) is 16.4 Å². The zero-order valence-corrected chi connectivity index (χ0v) is 18.4. The van der Waals surface area contributed by atoms with Crippen LogP contribution < -0.4 is 14.8 Å². The Hall–Kier alpha value is -4.05. The van der Waals surface area contributed by atoms with Crippen LogP contribution in [-0.2, 0) is 0 Å². The Balaban J connectivity index is 1.58. The fourth-order valence-electron chi connectivity index (χ4n) is 2.81. The number of ether oxygens (including phenoxy) is 2. The maximum Gasteiger partial charge on any atom is 0.261 e. The summed E-state index contributed by atoms with van der Waals surface area (Å²) in [5.74, 6) is 1.65. The molecular formula is C23H19FN4O4S. The number of thiazole rings is 1. The number of hydrogen-bond donors (Lipinski definition) is 1. The summed E-state index contributed by atoms with van der Waals surface area (Å²) in [6.45, 7) is 5.82. The predicted molar refractivity (Wildman–Crippen MR) is 121 cm³/mol. The van der Waals surface area contributed by atoms with Crippen molar-refractivity contribution >= 4 is 22.4 Å². The van der Waals surface area contributed by atoms with Crippen LogP contribution in [0.15, 0.2) is 65.7 Å². The molecule has 2 heterocycles. The van der Waals surface area contributed by atoms with Gasteiger partial charge in [-0.3, -0.25) is 10.1 Å². The van der Waals surface area contributed by atoms with Gasteiger partial charge in [0, 0.05) is 18.6 Å². The molecule has 10 heteroatoms. The van der Waals surface area contributed by atoms with E-state index in [0.717, 1.165) is 23.1 Å². The lowest BCUT2D eigenvalue weighted by Crippen LogP contribution is -2.13. The van der Waals surface area contributed by atoms with Crippen LogP contribution in [0.1, 0.15) is 22.7 Å². The molecule has 0 radical (unpaired) electrons. The molecule has 0 aliphatic heterocycles. The van der Waals surface area contributed by atoms with Crippen LogP contribution in [0.4, 0.5) is 9.52 Å². The lowest BCUT2D eigenvalue weighted by atomic mass is 10.1.